The van der Waals surface area contributed by atoms with Crippen molar-refractivity contribution in [3.05, 3.63) is 0 Å². The molecule has 6 nitrogen and oxygen atoms in total. The molecule has 3 fully saturated rings. The van der Waals surface area contributed by atoms with Gasteiger partial charge >= 0.3 is 0 Å². The Bertz CT molecular complexity index is 274. The van der Waals surface area contributed by atoms with Crippen LogP contribution in [0.25, 0.3) is 0 Å². The van der Waals surface area contributed by atoms with Gasteiger partial charge in [0.2, 0.25) is 0 Å². The maximum atomic E-state index is 10.2. The van der Waals surface area contributed by atoms with E-state index in [0.29, 0.717) is 26.4 Å². The predicted octanol–water partition coefficient (Wildman–Crippen LogP) is 0.260. The van der Waals surface area contributed by atoms with Gasteiger partial charge in [0.1, 0.15) is 12.2 Å². The Kier molecular flexibility index (Phi) is 4.91. The summed E-state index contributed by atoms with van der Waals surface area (Å²) in [5.74, 6) is -0.143. The van der Waals surface area contributed by atoms with Crippen molar-refractivity contribution in [3.8, 4) is 0 Å². The monoisotopic (exact) mass is 288 g/mol. The van der Waals surface area contributed by atoms with E-state index in [1.54, 1.807) is 0 Å². The summed E-state index contributed by atoms with van der Waals surface area (Å²) in [5.41, 5.74) is 0. The normalized spacial score (nSPS) is 39.3. The van der Waals surface area contributed by atoms with E-state index in [2.05, 4.69) is 0 Å². The molecule has 0 spiro atoms. The van der Waals surface area contributed by atoms with Gasteiger partial charge in [-0.25, -0.2) is 0 Å². The van der Waals surface area contributed by atoms with E-state index in [-0.39, 0.29) is 24.0 Å². The first-order valence-electron chi connectivity index (χ1n) is 7.56. The van der Waals surface area contributed by atoms with E-state index in [1.807, 2.05) is 0 Å². The zero-order valence-electron chi connectivity index (χ0n) is 11.6. The van der Waals surface area contributed by atoms with Crippen molar-refractivity contribution >= 4 is 0 Å². The van der Waals surface area contributed by atoms with Crippen LogP contribution < -0.4 is 0 Å². The van der Waals surface area contributed by atoms with E-state index in [4.69, 9.17) is 18.9 Å². The van der Waals surface area contributed by atoms with Crippen LogP contribution in [0.15, 0.2) is 0 Å². The number of aliphatic hydroxyl groups excluding tert-OH is 2. The Hall–Kier alpha value is -0.240. The third kappa shape index (κ3) is 4.13. The fraction of sp³-hybridized carbons (Fsp3) is 1.00. The largest absolute Gasteiger partial charge is 0.371 e. The maximum Gasteiger partial charge on any atom is 0.157 e. The minimum atomic E-state index is -0.847. The van der Waals surface area contributed by atoms with Crippen molar-refractivity contribution in [1.29, 1.82) is 0 Å². The number of hydrogen-bond acceptors (Lipinski definition) is 6. The summed E-state index contributed by atoms with van der Waals surface area (Å²) < 4.78 is 21.1. The highest BCUT2D eigenvalue weighted by Gasteiger charge is 2.38. The van der Waals surface area contributed by atoms with E-state index in [1.165, 1.54) is 0 Å². The summed E-state index contributed by atoms with van der Waals surface area (Å²) in [6.07, 6.45) is 2.41. The topological polar surface area (TPSA) is 84.0 Å². The van der Waals surface area contributed by atoms with E-state index < -0.39 is 12.6 Å². The van der Waals surface area contributed by atoms with E-state index >= 15 is 0 Å². The molecule has 20 heavy (non-hydrogen) atoms. The Balaban J connectivity index is 1.48. The fourth-order valence-electron chi connectivity index (χ4n) is 2.88. The first kappa shape index (κ1) is 14.7. The van der Waals surface area contributed by atoms with Gasteiger partial charge < -0.3 is 29.2 Å². The fourth-order valence-corrected chi connectivity index (χ4v) is 2.88. The van der Waals surface area contributed by atoms with E-state index in [9.17, 15) is 10.2 Å². The molecular weight excluding hydrogens is 264 g/mol. The highest BCUT2D eigenvalue weighted by atomic mass is 16.6. The molecule has 6 unspecified atom stereocenters. The van der Waals surface area contributed by atoms with Crippen LogP contribution in [0.5, 0.6) is 0 Å². The molecule has 2 heterocycles. The molecule has 6 heteroatoms. The van der Waals surface area contributed by atoms with Crippen molar-refractivity contribution < 1.29 is 29.2 Å². The summed E-state index contributed by atoms with van der Waals surface area (Å²) >= 11 is 0. The van der Waals surface area contributed by atoms with Gasteiger partial charge in [0.15, 0.2) is 12.6 Å². The van der Waals surface area contributed by atoms with Crippen molar-refractivity contribution in [2.75, 3.05) is 26.4 Å². The molecule has 2 N–H and O–H groups in total. The van der Waals surface area contributed by atoms with Crippen molar-refractivity contribution in [2.24, 2.45) is 11.8 Å². The quantitative estimate of drug-likeness (QED) is 0.492. The van der Waals surface area contributed by atoms with Gasteiger partial charge in [-0.15, -0.1) is 0 Å². The summed E-state index contributed by atoms with van der Waals surface area (Å²) in [5, 5.41) is 20.4. The van der Waals surface area contributed by atoms with Gasteiger partial charge in [-0.05, 0) is 12.8 Å². The molecule has 116 valence electrons. The molecule has 0 radical (unpaired) electrons. The van der Waals surface area contributed by atoms with Gasteiger partial charge in [-0.3, -0.25) is 0 Å². The molecule has 0 bridgehead atoms. The second-order valence-corrected chi connectivity index (χ2v) is 5.97. The molecule has 1 aliphatic carbocycles. The molecule has 2 saturated heterocycles. The number of ether oxygens (including phenoxy) is 4. The number of aliphatic hydroxyl groups is 2. The second-order valence-electron chi connectivity index (χ2n) is 5.97. The van der Waals surface area contributed by atoms with Crippen molar-refractivity contribution in [1.82, 2.24) is 0 Å². The van der Waals surface area contributed by atoms with E-state index in [0.717, 1.165) is 25.7 Å². The predicted molar refractivity (Wildman–Crippen MR) is 68.8 cm³/mol. The lowest BCUT2D eigenvalue weighted by Crippen LogP contribution is -2.40. The van der Waals surface area contributed by atoms with Crippen LogP contribution in [0.1, 0.15) is 25.7 Å². The van der Waals surface area contributed by atoms with Crippen LogP contribution in [0.2, 0.25) is 0 Å². The third-order valence-electron chi connectivity index (χ3n) is 4.32. The number of rotatable bonds is 8. The average molecular weight is 288 g/mol. The van der Waals surface area contributed by atoms with Crippen LogP contribution in [0.4, 0.5) is 0 Å². The lowest BCUT2D eigenvalue weighted by Gasteiger charge is -2.36. The molecular formula is C14H24O6. The molecule has 0 aromatic heterocycles. The summed E-state index contributed by atoms with van der Waals surface area (Å²) in [4.78, 5) is 0. The molecule has 3 aliphatic rings. The summed E-state index contributed by atoms with van der Waals surface area (Å²) in [7, 11) is 0. The van der Waals surface area contributed by atoms with Gasteiger partial charge in [-0.1, -0.05) is 12.8 Å². The minimum absolute atomic E-state index is 0.0716. The van der Waals surface area contributed by atoms with Crippen LogP contribution in [-0.4, -0.2) is 61.4 Å². The number of hydrogen-bond donors (Lipinski definition) is 2. The molecule has 6 atom stereocenters. The molecule has 0 amide bonds. The summed E-state index contributed by atoms with van der Waals surface area (Å²) in [6, 6.07) is 0. The van der Waals surface area contributed by atoms with Crippen LogP contribution in [0.3, 0.4) is 0 Å². The average Bonchev–Trinajstić information content (AvgIpc) is 3.36. The lowest BCUT2D eigenvalue weighted by atomic mass is 9.78. The maximum absolute atomic E-state index is 10.2. The first-order chi connectivity index (χ1) is 9.74. The van der Waals surface area contributed by atoms with Crippen LogP contribution in [0, 0.1) is 11.8 Å². The van der Waals surface area contributed by atoms with Gasteiger partial charge in [0.25, 0.3) is 0 Å². The number of epoxide rings is 2. The van der Waals surface area contributed by atoms with Gasteiger partial charge in [0, 0.05) is 11.8 Å². The molecule has 0 aromatic carbocycles. The van der Waals surface area contributed by atoms with Crippen molar-refractivity contribution in [3.63, 3.8) is 0 Å². The van der Waals surface area contributed by atoms with Gasteiger partial charge in [-0.2, -0.15) is 0 Å². The first-order valence-corrected chi connectivity index (χ1v) is 7.56. The minimum Gasteiger partial charge on any atom is -0.371 e. The molecule has 3 rings (SSSR count). The van der Waals surface area contributed by atoms with Crippen LogP contribution in [-0.2, 0) is 18.9 Å². The Morgan fingerprint density at radius 1 is 0.850 bits per heavy atom. The Morgan fingerprint density at radius 2 is 1.25 bits per heavy atom. The highest BCUT2D eigenvalue weighted by molar-refractivity contribution is 4.81. The third-order valence-corrected chi connectivity index (χ3v) is 4.32. The Morgan fingerprint density at radius 3 is 1.60 bits per heavy atom. The van der Waals surface area contributed by atoms with Crippen LogP contribution >= 0.6 is 0 Å². The second kappa shape index (κ2) is 6.68. The Labute approximate surface area is 119 Å². The molecule has 2 aliphatic heterocycles. The zero-order chi connectivity index (χ0) is 13.9. The summed E-state index contributed by atoms with van der Waals surface area (Å²) in [6.45, 7) is 2.29. The smallest absolute Gasteiger partial charge is 0.157 e. The highest BCUT2D eigenvalue weighted by Crippen LogP contribution is 2.36. The zero-order valence-corrected chi connectivity index (χ0v) is 11.6. The molecule has 0 aromatic rings. The molecule has 1 saturated carbocycles. The van der Waals surface area contributed by atoms with Crippen molar-refractivity contribution in [2.45, 2.75) is 50.5 Å². The SMILES string of the molecule is OC(OCC1CO1)C1CCCCC1C(O)OCC1CO1. The lowest BCUT2D eigenvalue weighted by molar-refractivity contribution is -0.208. The van der Waals surface area contributed by atoms with Gasteiger partial charge in [0.05, 0.1) is 26.4 Å². The standard InChI is InChI=1S/C14H24O6/c15-13(19-7-9-5-17-9)11-3-1-2-4-12(11)14(16)20-8-10-6-18-10/h9-16H,1-8H2.